The summed E-state index contributed by atoms with van der Waals surface area (Å²) < 4.78 is 0. The van der Waals surface area contributed by atoms with Gasteiger partial charge >= 0.3 is 6.03 Å². The van der Waals surface area contributed by atoms with E-state index in [-0.39, 0.29) is 6.03 Å². The Morgan fingerprint density at radius 1 is 1.63 bits per heavy atom. The third-order valence-electron chi connectivity index (χ3n) is 3.58. The zero-order chi connectivity index (χ0) is 13.8. The van der Waals surface area contributed by atoms with Crippen molar-refractivity contribution >= 4 is 17.4 Å². The maximum Gasteiger partial charge on any atom is 0.317 e. The average molecular weight is 281 g/mol. The Morgan fingerprint density at radius 3 is 3.05 bits per heavy atom. The van der Waals surface area contributed by atoms with Crippen LogP contribution in [0.25, 0.3) is 0 Å². The first-order valence-electron chi connectivity index (χ1n) is 6.94. The molecule has 0 saturated carbocycles. The molecular weight excluding hydrogens is 258 g/mol. The van der Waals surface area contributed by atoms with Crippen LogP contribution in [-0.2, 0) is 0 Å². The molecule has 2 N–H and O–H groups in total. The molecule has 1 aromatic rings. The Hall–Kier alpha value is -1.07. The summed E-state index contributed by atoms with van der Waals surface area (Å²) >= 11 is 1.80. The largest absolute Gasteiger partial charge is 0.338 e. The van der Waals surface area contributed by atoms with Crippen molar-refractivity contribution in [2.45, 2.75) is 39.3 Å². The first kappa shape index (κ1) is 14.3. The fraction of sp³-hybridized carbons (Fsp3) is 0.643. The highest BCUT2D eigenvalue weighted by molar-refractivity contribution is 7.10. The van der Waals surface area contributed by atoms with Gasteiger partial charge in [0.2, 0.25) is 0 Å². The van der Waals surface area contributed by atoms with Crippen LogP contribution in [0.2, 0.25) is 0 Å². The van der Waals surface area contributed by atoms with Crippen molar-refractivity contribution in [1.82, 2.24) is 15.5 Å². The van der Waals surface area contributed by atoms with Crippen molar-refractivity contribution in [2.24, 2.45) is 0 Å². The van der Waals surface area contributed by atoms with Gasteiger partial charge in [-0.25, -0.2) is 4.79 Å². The number of aryl methyl sites for hydroxylation is 1. The monoisotopic (exact) mass is 281 g/mol. The highest BCUT2D eigenvalue weighted by Gasteiger charge is 2.27. The van der Waals surface area contributed by atoms with E-state index in [4.69, 9.17) is 0 Å². The van der Waals surface area contributed by atoms with E-state index < -0.39 is 0 Å². The second kappa shape index (κ2) is 6.39. The molecular formula is C14H23N3OS. The van der Waals surface area contributed by atoms with Gasteiger partial charge in [0.05, 0.1) is 0 Å². The van der Waals surface area contributed by atoms with Crippen LogP contribution in [0.15, 0.2) is 11.4 Å². The lowest BCUT2D eigenvalue weighted by Gasteiger charge is -2.20. The summed E-state index contributed by atoms with van der Waals surface area (Å²) in [5.74, 6) is 0. The number of carbonyl (C=O) groups excluding carboxylic acids is 1. The Balaban J connectivity index is 1.85. The van der Waals surface area contributed by atoms with Gasteiger partial charge in [-0.3, -0.25) is 0 Å². The van der Waals surface area contributed by atoms with Gasteiger partial charge in [0.15, 0.2) is 0 Å². The number of nitrogens with zero attached hydrogens (tertiary/aromatic N) is 1. The van der Waals surface area contributed by atoms with Gasteiger partial charge in [0, 0.05) is 36.6 Å². The molecule has 1 aliphatic rings. The standard InChI is InChI=1S/C14H23N3OS/c1-4-15-14(18)17-7-5-12(9-17)16-11(3)13-10(2)6-8-19-13/h6,8,11-12,16H,4-5,7,9H2,1-3H3,(H,15,18). The van der Waals surface area contributed by atoms with Crippen LogP contribution in [0, 0.1) is 6.92 Å². The maximum absolute atomic E-state index is 11.7. The first-order valence-corrected chi connectivity index (χ1v) is 7.82. The van der Waals surface area contributed by atoms with Gasteiger partial charge in [0.25, 0.3) is 0 Å². The van der Waals surface area contributed by atoms with Crippen molar-refractivity contribution < 1.29 is 4.79 Å². The normalized spacial score (nSPS) is 20.6. The molecule has 106 valence electrons. The van der Waals surface area contributed by atoms with Gasteiger partial charge in [-0.15, -0.1) is 11.3 Å². The lowest BCUT2D eigenvalue weighted by Crippen LogP contribution is -2.41. The minimum Gasteiger partial charge on any atom is -0.338 e. The Kier molecular flexibility index (Phi) is 4.82. The van der Waals surface area contributed by atoms with Crippen LogP contribution >= 0.6 is 11.3 Å². The molecule has 19 heavy (non-hydrogen) atoms. The van der Waals surface area contributed by atoms with E-state index >= 15 is 0 Å². The van der Waals surface area contributed by atoms with E-state index in [1.807, 2.05) is 11.8 Å². The summed E-state index contributed by atoms with van der Waals surface area (Å²) in [6, 6.07) is 2.98. The molecule has 0 aromatic carbocycles. The van der Waals surface area contributed by atoms with E-state index in [9.17, 15) is 4.79 Å². The van der Waals surface area contributed by atoms with Crippen LogP contribution in [0.3, 0.4) is 0 Å². The molecule has 0 spiro atoms. The molecule has 2 heterocycles. The maximum atomic E-state index is 11.7. The van der Waals surface area contributed by atoms with Gasteiger partial charge < -0.3 is 15.5 Å². The van der Waals surface area contributed by atoms with E-state index in [0.717, 1.165) is 19.5 Å². The van der Waals surface area contributed by atoms with E-state index in [2.05, 4.69) is 35.9 Å². The van der Waals surface area contributed by atoms with Gasteiger partial charge in [-0.2, -0.15) is 0 Å². The summed E-state index contributed by atoms with van der Waals surface area (Å²) in [4.78, 5) is 15.0. The summed E-state index contributed by atoms with van der Waals surface area (Å²) in [6.07, 6.45) is 1.03. The zero-order valence-corrected chi connectivity index (χ0v) is 12.7. The number of carbonyl (C=O) groups is 1. The van der Waals surface area contributed by atoms with Crippen LogP contribution in [-0.4, -0.2) is 36.6 Å². The molecule has 0 radical (unpaired) electrons. The van der Waals surface area contributed by atoms with Crippen molar-refractivity contribution in [2.75, 3.05) is 19.6 Å². The molecule has 2 unspecified atom stereocenters. The van der Waals surface area contributed by atoms with Gasteiger partial charge in [-0.1, -0.05) is 0 Å². The number of nitrogens with one attached hydrogen (secondary N) is 2. The number of amides is 2. The van der Waals surface area contributed by atoms with Crippen molar-refractivity contribution in [1.29, 1.82) is 0 Å². The lowest BCUT2D eigenvalue weighted by molar-refractivity contribution is 0.208. The van der Waals surface area contributed by atoms with Crippen molar-refractivity contribution in [3.63, 3.8) is 0 Å². The molecule has 1 fully saturated rings. The summed E-state index contributed by atoms with van der Waals surface area (Å²) in [5.41, 5.74) is 1.35. The van der Waals surface area contributed by atoms with Crippen LogP contribution in [0.4, 0.5) is 4.79 Å². The molecule has 2 amide bonds. The molecule has 0 bridgehead atoms. The minimum atomic E-state index is 0.0618. The number of rotatable bonds is 4. The summed E-state index contributed by atoms with van der Waals surface area (Å²) in [6.45, 7) is 8.65. The van der Waals surface area contributed by atoms with Crippen molar-refractivity contribution in [3.8, 4) is 0 Å². The van der Waals surface area contributed by atoms with Crippen LogP contribution in [0.5, 0.6) is 0 Å². The third kappa shape index (κ3) is 3.48. The number of hydrogen-bond donors (Lipinski definition) is 2. The average Bonchev–Trinajstić information content (AvgIpc) is 2.98. The van der Waals surface area contributed by atoms with Gasteiger partial charge in [-0.05, 0) is 44.2 Å². The van der Waals surface area contributed by atoms with E-state index in [1.165, 1.54) is 10.4 Å². The van der Waals surface area contributed by atoms with Crippen LogP contribution < -0.4 is 10.6 Å². The van der Waals surface area contributed by atoms with Crippen LogP contribution in [0.1, 0.15) is 36.8 Å². The smallest absolute Gasteiger partial charge is 0.317 e. The lowest BCUT2D eigenvalue weighted by atomic mass is 10.1. The molecule has 0 aliphatic carbocycles. The van der Waals surface area contributed by atoms with E-state index in [0.29, 0.717) is 18.6 Å². The Morgan fingerprint density at radius 2 is 2.42 bits per heavy atom. The fourth-order valence-electron chi connectivity index (χ4n) is 2.60. The number of thiophene rings is 1. The molecule has 5 heteroatoms. The topological polar surface area (TPSA) is 44.4 Å². The predicted molar refractivity (Wildman–Crippen MR) is 79.7 cm³/mol. The molecule has 4 nitrogen and oxygen atoms in total. The second-order valence-corrected chi connectivity index (χ2v) is 6.07. The number of likely N-dealkylation sites (tertiary alicyclic amines) is 1. The third-order valence-corrected chi connectivity index (χ3v) is 4.79. The second-order valence-electron chi connectivity index (χ2n) is 5.12. The Labute approximate surface area is 119 Å². The molecule has 2 rings (SSSR count). The quantitative estimate of drug-likeness (QED) is 0.890. The zero-order valence-electron chi connectivity index (χ0n) is 11.9. The van der Waals surface area contributed by atoms with E-state index in [1.54, 1.807) is 11.3 Å². The molecule has 1 saturated heterocycles. The molecule has 2 atom stereocenters. The van der Waals surface area contributed by atoms with Crippen molar-refractivity contribution in [3.05, 3.63) is 21.9 Å². The molecule has 1 aromatic heterocycles. The van der Waals surface area contributed by atoms with Gasteiger partial charge in [0.1, 0.15) is 0 Å². The number of hydrogen-bond acceptors (Lipinski definition) is 3. The molecule has 1 aliphatic heterocycles. The highest BCUT2D eigenvalue weighted by atomic mass is 32.1. The highest BCUT2D eigenvalue weighted by Crippen LogP contribution is 2.24. The SMILES string of the molecule is CCNC(=O)N1CCC(NC(C)c2sccc2C)C1. The summed E-state index contributed by atoms with van der Waals surface area (Å²) in [7, 11) is 0. The number of urea groups is 1. The Bertz CT molecular complexity index is 432. The fourth-order valence-corrected chi connectivity index (χ4v) is 3.55. The first-order chi connectivity index (χ1) is 9.11. The summed E-state index contributed by atoms with van der Waals surface area (Å²) in [5, 5.41) is 8.63. The minimum absolute atomic E-state index is 0.0618. The predicted octanol–water partition coefficient (Wildman–Crippen LogP) is 2.51.